The van der Waals surface area contributed by atoms with Crippen LogP contribution in [0.1, 0.15) is 44.1 Å². The Morgan fingerprint density at radius 3 is 2.35 bits per heavy atom. The molecule has 258 valence electrons. The molecule has 3 aliphatic rings. The molecular formula is C35H42ClF2N5O4S. The first-order chi connectivity index (χ1) is 23.0. The molecule has 3 fully saturated rings. The summed E-state index contributed by atoms with van der Waals surface area (Å²) in [6.45, 7) is 0.565. The van der Waals surface area contributed by atoms with Crippen LogP contribution in [0.25, 0.3) is 11.3 Å². The smallest absolute Gasteiger partial charge is 0.280 e. The number of hydrogen-bond acceptors (Lipinski definition) is 7. The minimum atomic E-state index is -4.15. The van der Waals surface area contributed by atoms with E-state index in [0.29, 0.717) is 36.4 Å². The van der Waals surface area contributed by atoms with Gasteiger partial charge in [0.2, 0.25) is 15.9 Å². The molecule has 2 unspecified atom stereocenters. The summed E-state index contributed by atoms with van der Waals surface area (Å²) in [6.07, 6.45) is 7.59. The number of ether oxygens (including phenoxy) is 1. The van der Waals surface area contributed by atoms with Crippen LogP contribution >= 0.6 is 11.6 Å². The highest BCUT2D eigenvalue weighted by molar-refractivity contribution is 7.89. The van der Waals surface area contributed by atoms with E-state index in [-0.39, 0.29) is 31.0 Å². The molecule has 0 radical (unpaired) electrons. The first-order valence-electron chi connectivity index (χ1n) is 16.6. The fraction of sp³-hybridized carbons (Fsp3) is 0.486. The monoisotopic (exact) mass is 701 g/mol. The summed E-state index contributed by atoms with van der Waals surface area (Å²) in [4.78, 5) is 21.5. The minimum Gasteiger partial charge on any atom is -0.493 e. The minimum absolute atomic E-state index is 0.0126. The van der Waals surface area contributed by atoms with Gasteiger partial charge in [-0.1, -0.05) is 49.1 Å². The number of pyridine rings is 1. The fourth-order valence-electron chi connectivity index (χ4n) is 6.79. The number of benzene rings is 2. The second kappa shape index (κ2) is 14.8. The normalized spacial score (nSPS) is 22.8. The third kappa shape index (κ3) is 8.00. The first kappa shape index (κ1) is 34.7. The summed E-state index contributed by atoms with van der Waals surface area (Å²) in [7, 11) is -4.15. The van der Waals surface area contributed by atoms with E-state index < -0.39 is 40.5 Å². The molecule has 2 aliphatic heterocycles. The standard InChI is InChI=1S/C35H42ClF2N5O4S/c36-28-9-7-27(8-10-28)31-15-6-26(20-40-31)21-41-18-19-43(32(22-41)34(44)42-17-16-33(39)35(37,38)24-42)48(45,46)30-13-11-29(12-14-30)47-23-25-4-2-1-3-5-25/h6-15,20,25,32-33H,1-5,16-19,21-24,39H2. The Balaban J connectivity index is 1.18. The molecular weight excluding hydrogens is 660 g/mol. The van der Waals surface area contributed by atoms with Gasteiger partial charge in [-0.05, 0) is 73.2 Å². The number of aromatic nitrogens is 1. The van der Waals surface area contributed by atoms with Gasteiger partial charge in [0.05, 0.1) is 29.8 Å². The number of rotatable bonds is 9. The van der Waals surface area contributed by atoms with Crippen molar-refractivity contribution in [3.63, 3.8) is 0 Å². The Labute approximate surface area is 286 Å². The van der Waals surface area contributed by atoms with Crippen molar-refractivity contribution >= 4 is 27.5 Å². The molecule has 13 heteroatoms. The molecule has 48 heavy (non-hydrogen) atoms. The van der Waals surface area contributed by atoms with Crippen molar-refractivity contribution in [2.75, 3.05) is 39.3 Å². The van der Waals surface area contributed by atoms with Gasteiger partial charge in [-0.2, -0.15) is 4.31 Å². The van der Waals surface area contributed by atoms with Gasteiger partial charge in [0.25, 0.3) is 5.92 Å². The number of nitrogens with two attached hydrogens (primary N) is 1. The number of hydrogen-bond donors (Lipinski definition) is 1. The highest BCUT2D eigenvalue weighted by Gasteiger charge is 2.48. The lowest BCUT2D eigenvalue weighted by molar-refractivity contribution is -0.149. The zero-order valence-electron chi connectivity index (χ0n) is 26.8. The maximum atomic E-state index is 14.6. The van der Waals surface area contributed by atoms with E-state index in [2.05, 4.69) is 4.98 Å². The number of likely N-dealkylation sites (tertiary alicyclic amines) is 1. The summed E-state index contributed by atoms with van der Waals surface area (Å²) in [6, 6.07) is 14.9. The Kier molecular flexibility index (Phi) is 10.7. The molecule has 1 amide bonds. The number of halogens is 3. The number of alkyl halides is 2. The van der Waals surface area contributed by atoms with Crippen LogP contribution in [0.15, 0.2) is 71.8 Å². The Hall–Kier alpha value is -3.16. The first-order valence-corrected chi connectivity index (χ1v) is 18.4. The summed E-state index contributed by atoms with van der Waals surface area (Å²) in [5, 5.41) is 0.632. The number of amides is 1. The molecule has 6 rings (SSSR count). The Morgan fingerprint density at radius 1 is 0.958 bits per heavy atom. The second-order valence-corrected chi connectivity index (χ2v) is 15.5. The Morgan fingerprint density at radius 2 is 1.69 bits per heavy atom. The SMILES string of the molecule is NC1CCN(C(=O)C2CN(Cc3ccc(-c4ccc(Cl)cc4)nc3)CCN2S(=O)(=O)c2ccc(OCC3CCCCC3)cc2)CC1(F)F. The van der Waals surface area contributed by atoms with E-state index in [4.69, 9.17) is 22.1 Å². The molecule has 3 aromatic rings. The number of sulfonamides is 1. The highest BCUT2D eigenvalue weighted by Crippen LogP contribution is 2.31. The van der Waals surface area contributed by atoms with E-state index in [1.54, 1.807) is 30.5 Å². The van der Waals surface area contributed by atoms with Gasteiger partial charge < -0.3 is 15.4 Å². The molecule has 0 spiro atoms. The van der Waals surface area contributed by atoms with Crippen LogP contribution < -0.4 is 10.5 Å². The third-order valence-corrected chi connectivity index (χ3v) is 11.9. The van der Waals surface area contributed by atoms with Crippen LogP contribution in [0.3, 0.4) is 0 Å². The molecule has 2 atom stereocenters. The van der Waals surface area contributed by atoms with E-state index in [0.717, 1.165) is 38.9 Å². The van der Waals surface area contributed by atoms with Crippen molar-refractivity contribution < 1.29 is 26.7 Å². The number of carbonyl (C=O) groups excluding carboxylic acids is 1. The maximum absolute atomic E-state index is 14.6. The third-order valence-electron chi connectivity index (χ3n) is 9.68. The van der Waals surface area contributed by atoms with Gasteiger partial charge in [-0.15, -0.1) is 0 Å². The van der Waals surface area contributed by atoms with Gasteiger partial charge in [0.15, 0.2) is 0 Å². The quantitative estimate of drug-likeness (QED) is 0.317. The molecule has 2 N–H and O–H groups in total. The largest absolute Gasteiger partial charge is 0.493 e. The van der Waals surface area contributed by atoms with Gasteiger partial charge >= 0.3 is 0 Å². The second-order valence-electron chi connectivity index (χ2n) is 13.1. The maximum Gasteiger partial charge on any atom is 0.280 e. The number of piperidine rings is 1. The summed E-state index contributed by atoms with van der Waals surface area (Å²) in [5.74, 6) is -2.84. The molecule has 1 aliphatic carbocycles. The van der Waals surface area contributed by atoms with E-state index in [9.17, 15) is 22.0 Å². The predicted molar refractivity (Wildman–Crippen MR) is 180 cm³/mol. The lowest BCUT2D eigenvalue weighted by Crippen LogP contribution is -2.64. The summed E-state index contributed by atoms with van der Waals surface area (Å²) >= 11 is 6.01. The average molecular weight is 702 g/mol. The van der Waals surface area contributed by atoms with Crippen molar-refractivity contribution in [2.24, 2.45) is 11.7 Å². The topological polar surface area (TPSA) is 109 Å². The van der Waals surface area contributed by atoms with E-state index in [1.165, 1.54) is 31.4 Å². The van der Waals surface area contributed by atoms with Crippen molar-refractivity contribution in [2.45, 2.75) is 68.0 Å². The molecule has 0 bridgehead atoms. The van der Waals surface area contributed by atoms with Gasteiger partial charge in [-0.25, -0.2) is 17.2 Å². The van der Waals surface area contributed by atoms with Crippen LogP contribution in [0.2, 0.25) is 5.02 Å². The molecule has 2 saturated heterocycles. The highest BCUT2D eigenvalue weighted by atomic mass is 35.5. The van der Waals surface area contributed by atoms with E-state index >= 15 is 0 Å². The van der Waals surface area contributed by atoms with Crippen molar-refractivity contribution in [3.8, 4) is 17.0 Å². The van der Waals surface area contributed by atoms with Crippen LogP contribution in [0.5, 0.6) is 5.75 Å². The lowest BCUT2D eigenvalue weighted by atomic mass is 9.90. The Bertz CT molecular complexity index is 1660. The number of nitrogens with zero attached hydrogens (tertiary/aromatic N) is 4. The van der Waals surface area contributed by atoms with Crippen molar-refractivity contribution in [3.05, 3.63) is 77.4 Å². The van der Waals surface area contributed by atoms with E-state index in [1.807, 2.05) is 29.2 Å². The molecule has 9 nitrogen and oxygen atoms in total. The fourth-order valence-corrected chi connectivity index (χ4v) is 8.48. The van der Waals surface area contributed by atoms with Crippen molar-refractivity contribution in [1.29, 1.82) is 0 Å². The summed E-state index contributed by atoms with van der Waals surface area (Å²) < 4.78 is 64.5. The number of piperazine rings is 1. The number of carbonyl (C=O) groups is 1. The van der Waals surface area contributed by atoms with Gasteiger partial charge in [0, 0.05) is 49.5 Å². The molecule has 3 heterocycles. The molecule has 1 aromatic heterocycles. The molecule has 2 aromatic carbocycles. The predicted octanol–water partition coefficient (Wildman–Crippen LogP) is 5.43. The van der Waals surface area contributed by atoms with Gasteiger partial charge in [0.1, 0.15) is 11.8 Å². The van der Waals surface area contributed by atoms with Crippen molar-refractivity contribution in [1.82, 2.24) is 19.1 Å². The zero-order valence-corrected chi connectivity index (χ0v) is 28.4. The summed E-state index contributed by atoms with van der Waals surface area (Å²) in [5.41, 5.74) is 8.20. The molecule has 1 saturated carbocycles. The zero-order chi connectivity index (χ0) is 33.9. The van der Waals surface area contributed by atoms with Crippen LogP contribution in [-0.4, -0.2) is 90.8 Å². The average Bonchev–Trinajstić information content (AvgIpc) is 3.09. The lowest BCUT2D eigenvalue weighted by Gasteiger charge is -2.43. The van der Waals surface area contributed by atoms with Crippen LogP contribution in [-0.2, 0) is 21.4 Å². The van der Waals surface area contributed by atoms with Crippen LogP contribution in [0, 0.1) is 5.92 Å². The van der Waals surface area contributed by atoms with Gasteiger partial charge in [-0.3, -0.25) is 14.7 Å². The van der Waals surface area contributed by atoms with Crippen LogP contribution in [0.4, 0.5) is 8.78 Å².